The fourth-order valence-corrected chi connectivity index (χ4v) is 2.16. The van der Waals surface area contributed by atoms with Crippen LogP contribution in [0.1, 0.15) is 24.8 Å². The average Bonchev–Trinajstić information content (AvgIpc) is 2.47. The first-order valence-corrected chi connectivity index (χ1v) is 6.31. The molecule has 2 rings (SSSR count). The summed E-state index contributed by atoms with van der Waals surface area (Å²) in [6.45, 7) is 1.41. The largest absolute Gasteiger partial charge is 0.338 e. The lowest BCUT2D eigenvalue weighted by molar-refractivity contribution is -0.131. The van der Waals surface area contributed by atoms with Crippen LogP contribution in [0.4, 0.5) is 0 Å². The van der Waals surface area contributed by atoms with E-state index in [0.717, 1.165) is 30.0 Å². The number of amides is 1. The molecule has 0 bridgehead atoms. The molecule has 2 N–H and O–H groups in total. The van der Waals surface area contributed by atoms with E-state index >= 15 is 0 Å². The van der Waals surface area contributed by atoms with Crippen molar-refractivity contribution in [2.45, 2.75) is 31.8 Å². The fraction of sp³-hybridized carbons (Fsp3) is 0.462. The minimum atomic E-state index is 0.161. The zero-order valence-electron chi connectivity index (χ0n) is 9.73. The van der Waals surface area contributed by atoms with E-state index in [9.17, 15) is 4.79 Å². The molecule has 1 unspecified atom stereocenters. The lowest BCUT2D eigenvalue weighted by Crippen LogP contribution is -2.30. The summed E-state index contributed by atoms with van der Waals surface area (Å²) < 4.78 is 0. The minimum Gasteiger partial charge on any atom is -0.338 e. The third-order valence-electron chi connectivity index (χ3n) is 3.14. The summed E-state index contributed by atoms with van der Waals surface area (Å²) in [5.74, 6) is 0.202. The zero-order valence-corrected chi connectivity index (χ0v) is 10.5. The Morgan fingerprint density at radius 1 is 1.29 bits per heavy atom. The molecule has 0 saturated carbocycles. The van der Waals surface area contributed by atoms with E-state index in [1.54, 1.807) is 0 Å². The lowest BCUT2D eigenvalue weighted by atomic mass is 10.1. The molecule has 1 amide bonds. The standard InChI is InChI=1S/C13H17ClN2O/c14-11-3-1-10(2-4-11)9-16-8-7-12(15)5-6-13(16)17/h1-4,12H,5-9,15H2. The van der Waals surface area contributed by atoms with E-state index in [2.05, 4.69) is 0 Å². The highest BCUT2D eigenvalue weighted by Gasteiger charge is 2.20. The van der Waals surface area contributed by atoms with Crippen LogP contribution in [0.2, 0.25) is 5.02 Å². The number of rotatable bonds is 2. The summed E-state index contributed by atoms with van der Waals surface area (Å²) in [6.07, 6.45) is 2.25. The predicted octanol–water partition coefficient (Wildman–Crippen LogP) is 2.18. The topological polar surface area (TPSA) is 46.3 Å². The van der Waals surface area contributed by atoms with Crippen molar-refractivity contribution in [2.24, 2.45) is 5.73 Å². The second-order valence-electron chi connectivity index (χ2n) is 4.53. The summed E-state index contributed by atoms with van der Waals surface area (Å²) in [6, 6.07) is 7.78. The zero-order chi connectivity index (χ0) is 12.3. The van der Waals surface area contributed by atoms with Gasteiger partial charge in [0.05, 0.1) is 0 Å². The van der Waals surface area contributed by atoms with E-state index < -0.39 is 0 Å². The molecule has 1 fully saturated rings. The molecular formula is C13H17ClN2O. The van der Waals surface area contributed by atoms with Crippen LogP contribution in [0, 0.1) is 0 Å². The fourth-order valence-electron chi connectivity index (χ4n) is 2.04. The maximum atomic E-state index is 11.9. The average molecular weight is 253 g/mol. The molecule has 0 aliphatic carbocycles. The van der Waals surface area contributed by atoms with Crippen molar-refractivity contribution in [3.8, 4) is 0 Å². The summed E-state index contributed by atoms with van der Waals surface area (Å²) in [4.78, 5) is 13.8. The first-order chi connectivity index (χ1) is 8.15. The molecule has 1 aliphatic rings. The Morgan fingerprint density at radius 3 is 2.71 bits per heavy atom. The number of carbonyl (C=O) groups excluding carboxylic acids is 1. The number of likely N-dealkylation sites (tertiary alicyclic amines) is 1. The van der Waals surface area contributed by atoms with E-state index in [1.165, 1.54) is 0 Å². The van der Waals surface area contributed by atoms with Crippen molar-refractivity contribution in [3.05, 3.63) is 34.9 Å². The summed E-state index contributed by atoms with van der Waals surface area (Å²) in [5, 5.41) is 0.720. The van der Waals surface area contributed by atoms with Crippen LogP contribution in [0.3, 0.4) is 0 Å². The molecule has 17 heavy (non-hydrogen) atoms. The van der Waals surface area contributed by atoms with Crippen LogP contribution in [-0.4, -0.2) is 23.4 Å². The van der Waals surface area contributed by atoms with Crippen LogP contribution < -0.4 is 5.73 Å². The van der Waals surface area contributed by atoms with Gasteiger partial charge < -0.3 is 10.6 Å². The van der Waals surface area contributed by atoms with Gasteiger partial charge in [-0.2, -0.15) is 0 Å². The van der Waals surface area contributed by atoms with E-state index in [1.807, 2.05) is 29.2 Å². The Morgan fingerprint density at radius 2 is 2.00 bits per heavy atom. The number of nitrogens with zero attached hydrogens (tertiary/aromatic N) is 1. The maximum absolute atomic E-state index is 11.9. The summed E-state index contributed by atoms with van der Waals surface area (Å²) in [5.41, 5.74) is 6.99. The van der Waals surface area contributed by atoms with Gasteiger partial charge in [0.2, 0.25) is 5.91 Å². The third-order valence-corrected chi connectivity index (χ3v) is 3.39. The van der Waals surface area contributed by atoms with Crippen molar-refractivity contribution in [2.75, 3.05) is 6.54 Å². The van der Waals surface area contributed by atoms with Crippen molar-refractivity contribution in [1.29, 1.82) is 0 Å². The SMILES string of the molecule is NC1CCC(=O)N(Cc2ccc(Cl)cc2)CC1. The van der Waals surface area contributed by atoms with E-state index in [-0.39, 0.29) is 11.9 Å². The Bertz CT molecular complexity index is 391. The number of hydrogen-bond donors (Lipinski definition) is 1. The van der Waals surface area contributed by atoms with Gasteiger partial charge in [0.1, 0.15) is 0 Å². The Kier molecular flexibility index (Phi) is 4.02. The highest BCUT2D eigenvalue weighted by Crippen LogP contribution is 2.15. The van der Waals surface area contributed by atoms with Gasteiger partial charge in [0.15, 0.2) is 0 Å². The number of benzene rings is 1. The second-order valence-corrected chi connectivity index (χ2v) is 4.97. The Labute approximate surface area is 107 Å². The second kappa shape index (κ2) is 5.52. The van der Waals surface area contributed by atoms with Crippen LogP contribution in [0.15, 0.2) is 24.3 Å². The van der Waals surface area contributed by atoms with Crippen LogP contribution in [0.25, 0.3) is 0 Å². The van der Waals surface area contributed by atoms with Gasteiger partial charge in [-0.15, -0.1) is 0 Å². The lowest BCUT2D eigenvalue weighted by Gasteiger charge is -2.20. The molecule has 3 nitrogen and oxygen atoms in total. The quantitative estimate of drug-likeness (QED) is 0.877. The van der Waals surface area contributed by atoms with Crippen LogP contribution in [-0.2, 0) is 11.3 Å². The summed E-state index contributed by atoms with van der Waals surface area (Å²) >= 11 is 5.83. The molecule has 1 aromatic carbocycles. The normalized spacial score (nSPS) is 21.4. The van der Waals surface area contributed by atoms with Gasteiger partial charge in [-0.3, -0.25) is 4.79 Å². The van der Waals surface area contributed by atoms with Crippen LogP contribution >= 0.6 is 11.6 Å². The van der Waals surface area contributed by atoms with Gasteiger partial charge >= 0.3 is 0 Å². The maximum Gasteiger partial charge on any atom is 0.222 e. The van der Waals surface area contributed by atoms with Gasteiger partial charge in [-0.05, 0) is 30.5 Å². The smallest absolute Gasteiger partial charge is 0.222 e. The molecule has 1 heterocycles. The van der Waals surface area contributed by atoms with Gasteiger partial charge in [0, 0.05) is 30.6 Å². The van der Waals surface area contributed by atoms with E-state index in [0.29, 0.717) is 13.0 Å². The van der Waals surface area contributed by atoms with Crippen molar-refractivity contribution in [1.82, 2.24) is 4.90 Å². The van der Waals surface area contributed by atoms with E-state index in [4.69, 9.17) is 17.3 Å². The number of halogens is 1. The molecule has 0 radical (unpaired) electrons. The highest BCUT2D eigenvalue weighted by molar-refractivity contribution is 6.30. The predicted molar refractivity (Wildman–Crippen MR) is 68.7 cm³/mol. The van der Waals surface area contributed by atoms with Crippen LogP contribution in [0.5, 0.6) is 0 Å². The first-order valence-electron chi connectivity index (χ1n) is 5.93. The molecule has 1 atom stereocenters. The highest BCUT2D eigenvalue weighted by atomic mass is 35.5. The molecule has 4 heteroatoms. The number of nitrogens with two attached hydrogens (primary N) is 1. The summed E-state index contributed by atoms with van der Waals surface area (Å²) in [7, 11) is 0. The molecule has 1 aliphatic heterocycles. The number of hydrogen-bond acceptors (Lipinski definition) is 2. The van der Waals surface area contributed by atoms with Crippen molar-refractivity contribution >= 4 is 17.5 Å². The molecular weight excluding hydrogens is 236 g/mol. The molecule has 1 saturated heterocycles. The Balaban J connectivity index is 2.01. The van der Waals surface area contributed by atoms with Gasteiger partial charge in [0.25, 0.3) is 0 Å². The molecule has 92 valence electrons. The number of carbonyl (C=O) groups is 1. The first kappa shape index (κ1) is 12.4. The van der Waals surface area contributed by atoms with Crippen molar-refractivity contribution in [3.63, 3.8) is 0 Å². The molecule has 0 spiro atoms. The third kappa shape index (κ3) is 3.45. The minimum absolute atomic E-state index is 0.161. The monoisotopic (exact) mass is 252 g/mol. The molecule has 0 aromatic heterocycles. The van der Waals surface area contributed by atoms with Gasteiger partial charge in [-0.25, -0.2) is 0 Å². The Hall–Kier alpha value is -1.06. The molecule has 1 aromatic rings. The van der Waals surface area contributed by atoms with Gasteiger partial charge in [-0.1, -0.05) is 23.7 Å². The van der Waals surface area contributed by atoms with Crippen molar-refractivity contribution < 1.29 is 4.79 Å².